The van der Waals surface area contributed by atoms with Crippen molar-refractivity contribution in [3.05, 3.63) is 57.7 Å². The summed E-state index contributed by atoms with van der Waals surface area (Å²) in [5.74, 6) is 0.468. The molecule has 2 amide bonds. The van der Waals surface area contributed by atoms with E-state index >= 15 is 0 Å². The van der Waals surface area contributed by atoms with Gasteiger partial charge in [0.05, 0.1) is 5.02 Å². The number of benzene rings is 1. The van der Waals surface area contributed by atoms with Crippen LogP contribution in [-0.2, 0) is 6.42 Å². The Balaban J connectivity index is 1.75. The van der Waals surface area contributed by atoms with Gasteiger partial charge in [-0.15, -0.1) is 0 Å². The second-order valence-electron chi connectivity index (χ2n) is 4.12. The van der Waals surface area contributed by atoms with Crippen LogP contribution in [0.25, 0.3) is 0 Å². The average molecular weight is 355 g/mol. The summed E-state index contributed by atoms with van der Waals surface area (Å²) >= 11 is 9.10. The second kappa shape index (κ2) is 7.26. The van der Waals surface area contributed by atoms with Crippen LogP contribution >= 0.6 is 27.5 Å². The normalized spacial score (nSPS) is 10.1. The number of pyridine rings is 1. The maximum atomic E-state index is 11.6. The Morgan fingerprint density at radius 3 is 2.60 bits per heavy atom. The van der Waals surface area contributed by atoms with Crippen LogP contribution in [-0.4, -0.2) is 17.6 Å². The fourth-order valence-corrected chi connectivity index (χ4v) is 1.96. The molecular weight excluding hydrogens is 342 g/mol. The molecule has 0 fully saturated rings. The summed E-state index contributed by atoms with van der Waals surface area (Å²) in [6.45, 7) is 0.557. The number of nitrogens with one attached hydrogen (secondary N) is 2. The molecule has 20 heavy (non-hydrogen) atoms. The third-order valence-corrected chi connectivity index (χ3v) is 3.33. The van der Waals surface area contributed by atoms with Crippen molar-refractivity contribution in [3.63, 3.8) is 0 Å². The van der Waals surface area contributed by atoms with Gasteiger partial charge in [0.15, 0.2) is 0 Å². The molecule has 0 saturated heterocycles. The van der Waals surface area contributed by atoms with Gasteiger partial charge in [0.25, 0.3) is 0 Å². The summed E-state index contributed by atoms with van der Waals surface area (Å²) in [5.41, 5.74) is 1.16. The van der Waals surface area contributed by atoms with Crippen LogP contribution in [0.1, 0.15) is 5.56 Å². The Morgan fingerprint density at radius 2 is 1.95 bits per heavy atom. The van der Waals surface area contributed by atoms with Crippen LogP contribution in [0.5, 0.6) is 0 Å². The van der Waals surface area contributed by atoms with E-state index in [0.29, 0.717) is 17.4 Å². The van der Waals surface area contributed by atoms with Gasteiger partial charge in [-0.1, -0.05) is 39.7 Å². The summed E-state index contributed by atoms with van der Waals surface area (Å²) in [4.78, 5) is 15.6. The minimum Gasteiger partial charge on any atom is -0.337 e. The zero-order valence-electron chi connectivity index (χ0n) is 10.6. The topological polar surface area (TPSA) is 54.0 Å². The van der Waals surface area contributed by atoms with Crippen molar-refractivity contribution in [1.29, 1.82) is 0 Å². The highest BCUT2D eigenvalue weighted by molar-refractivity contribution is 9.10. The van der Waals surface area contributed by atoms with Gasteiger partial charge >= 0.3 is 6.03 Å². The van der Waals surface area contributed by atoms with Crippen LogP contribution < -0.4 is 10.6 Å². The Hall–Kier alpha value is -1.59. The number of rotatable bonds is 4. The summed E-state index contributed by atoms with van der Waals surface area (Å²) in [7, 11) is 0. The molecule has 4 nitrogen and oxygen atoms in total. The van der Waals surface area contributed by atoms with Crippen molar-refractivity contribution in [2.75, 3.05) is 11.9 Å². The fourth-order valence-electron chi connectivity index (χ4n) is 1.58. The highest BCUT2D eigenvalue weighted by atomic mass is 79.9. The smallest absolute Gasteiger partial charge is 0.320 e. The van der Waals surface area contributed by atoms with Crippen LogP contribution in [0.3, 0.4) is 0 Å². The molecule has 104 valence electrons. The molecule has 0 spiro atoms. The molecule has 6 heteroatoms. The lowest BCUT2D eigenvalue weighted by Crippen LogP contribution is -2.30. The lowest BCUT2D eigenvalue weighted by atomic mass is 10.1. The average Bonchev–Trinajstić information content (AvgIpc) is 2.44. The summed E-state index contributed by atoms with van der Waals surface area (Å²) in [6, 6.07) is 11.0. The standard InChI is InChI=1S/C14H13BrClN3O/c15-11-3-1-10(2-4-11)7-8-17-14(20)19-13-6-5-12(16)9-18-13/h1-6,9H,7-8H2,(H2,17,18,19,20). The largest absolute Gasteiger partial charge is 0.337 e. The first-order valence-corrected chi connectivity index (χ1v) is 7.21. The van der Waals surface area contributed by atoms with Gasteiger partial charge in [-0.25, -0.2) is 9.78 Å². The molecule has 2 aromatic rings. The number of anilines is 1. The predicted molar refractivity (Wildman–Crippen MR) is 84.1 cm³/mol. The van der Waals surface area contributed by atoms with E-state index in [4.69, 9.17) is 11.6 Å². The van der Waals surface area contributed by atoms with E-state index in [1.807, 2.05) is 24.3 Å². The number of halogens is 2. The molecular formula is C14H13BrClN3O. The first-order valence-electron chi connectivity index (χ1n) is 6.04. The van der Waals surface area contributed by atoms with Crippen molar-refractivity contribution in [3.8, 4) is 0 Å². The zero-order valence-corrected chi connectivity index (χ0v) is 12.9. The van der Waals surface area contributed by atoms with Gasteiger partial charge in [0.1, 0.15) is 5.82 Å². The van der Waals surface area contributed by atoms with Crippen molar-refractivity contribution >= 4 is 39.4 Å². The van der Waals surface area contributed by atoms with Crippen LogP contribution in [0, 0.1) is 0 Å². The predicted octanol–water partition coefficient (Wildman–Crippen LogP) is 3.86. The zero-order chi connectivity index (χ0) is 14.4. The number of carbonyl (C=O) groups is 1. The molecule has 1 aromatic carbocycles. The molecule has 0 aliphatic rings. The maximum Gasteiger partial charge on any atom is 0.320 e. The quantitative estimate of drug-likeness (QED) is 0.876. The summed E-state index contributed by atoms with van der Waals surface area (Å²) in [6.07, 6.45) is 2.26. The van der Waals surface area contributed by atoms with Gasteiger partial charge in [-0.05, 0) is 36.2 Å². The first-order chi connectivity index (χ1) is 9.63. The fraction of sp³-hybridized carbons (Fsp3) is 0.143. The number of nitrogens with zero attached hydrogens (tertiary/aromatic N) is 1. The number of carbonyl (C=O) groups excluding carboxylic acids is 1. The molecule has 0 aliphatic carbocycles. The third-order valence-electron chi connectivity index (χ3n) is 2.58. The van der Waals surface area contributed by atoms with Gasteiger partial charge in [0.2, 0.25) is 0 Å². The molecule has 2 N–H and O–H groups in total. The van der Waals surface area contributed by atoms with E-state index in [0.717, 1.165) is 16.5 Å². The molecule has 1 aromatic heterocycles. The Bertz CT molecular complexity index is 572. The van der Waals surface area contributed by atoms with Crippen molar-refractivity contribution < 1.29 is 4.79 Å². The monoisotopic (exact) mass is 353 g/mol. The maximum absolute atomic E-state index is 11.6. The van der Waals surface area contributed by atoms with E-state index in [2.05, 4.69) is 31.5 Å². The molecule has 0 radical (unpaired) electrons. The number of amides is 2. The molecule has 0 bridgehead atoms. The highest BCUT2D eigenvalue weighted by Crippen LogP contribution is 2.11. The van der Waals surface area contributed by atoms with Crippen molar-refractivity contribution in [2.45, 2.75) is 6.42 Å². The Morgan fingerprint density at radius 1 is 1.20 bits per heavy atom. The number of hydrogen-bond acceptors (Lipinski definition) is 2. The molecule has 1 heterocycles. The van der Waals surface area contributed by atoms with Crippen LogP contribution in [0.2, 0.25) is 5.02 Å². The molecule has 0 saturated carbocycles. The first kappa shape index (κ1) is 14.8. The lowest BCUT2D eigenvalue weighted by molar-refractivity contribution is 0.252. The van der Waals surface area contributed by atoms with E-state index in [1.54, 1.807) is 12.1 Å². The highest BCUT2D eigenvalue weighted by Gasteiger charge is 2.02. The molecule has 0 atom stereocenters. The molecule has 0 aliphatic heterocycles. The van der Waals surface area contributed by atoms with E-state index in [9.17, 15) is 4.79 Å². The third kappa shape index (κ3) is 4.83. The van der Waals surface area contributed by atoms with Gasteiger partial charge < -0.3 is 5.32 Å². The number of aromatic nitrogens is 1. The second-order valence-corrected chi connectivity index (χ2v) is 5.47. The minimum absolute atomic E-state index is 0.281. The van der Waals surface area contributed by atoms with Gasteiger partial charge in [-0.3, -0.25) is 5.32 Å². The van der Waals surface area contributed by atoms with E-state index < -0.39 is 0 Å². The Kier molecular flexibility index (Phi) is 5.38. The minimum atomic E-state index is -0.281. The summed E-state index contributed by atoms with van der Waals surface area (Å²) < 4.78 is 1.04. The van der Waals surface area contributed by atoms with E-state index in [-0.39, 0.29) is 6.03 Å². The van der Waals surface area contributed by atoms with Crippen molar-refractivity contribution in [2.24, 2.45) is 0 Å². The Labute approximate surface area is 130 Å². The summed E-state index contributed by atoms with van der Waals surface area (Å²) in [5, 5.41) is 5.94. The van der Waals surface area contributed by atoms with Crippen LogP contribution in [0.15, 0.2) is 47.1 Å². The lowest BCUT2D eigenvalue weighted by Gasteiger charge is -2.07. The van der Waals surface area contributed by atoms with E-state index in [1.165, 1.54) is 6.20 Å². The molecule has 2 rings (SSSR count). The number of hydrogen-bond donors (Lipinski definition) is 2. The van der Waals surface area contributed by atoms with Crippen molar-refractivity contribution in [1.82, 2.24) is 10.3 Å². The SMILES string of the molecule is O=C(NCCc1ccc(Br)cc1)Nc1ccc(Cl)cn1. The van der Waals surface area contributed by atoms with Gasteiger partial charge in [0, 0.05) is 17.2 Å². The molecule has 0 unspecified atom stereocenters. The van der Waals surface area contributed by atoms with Crippen LogP contribution in [0.4, 0.5) is 10.6 Å². The number of urea groups is 1. The van der Waals surface area contributed by atoms with Gasteiger partial charge in [-0.2, -0.15) is 0 Å².